The smallest absolute Gasteiger partial charge is 0.161 e. The highest BCUT2D eigenvalue weighted by molar-refractivity contribution is 7.91. The quantitative estimate of drug-likeness (QED) is 0.487. The second-order valence-corrected chi connectivity index (χ2v) is 12.3. The molecule has 2 aromatic rings. The van der Waals surface area contributed by atoms with Crippen LogP contribution in [-0.2, 0) is 21.0 Å². The number of aliphatic hydroxyl groups is 1. The number of nitrogens with one attached hydrogen (secondary N) is 1. The summed E-state index contributed by atoms with van der Waals surface area (Å²) in [6, 6.07) is 7.63. The lowest BCUT2D eigenvalue weighted by Gasteiger charge is -2.33. The van der Waals surface area contributed by atoms with Crippen LogP contribution in [0.3, 0.4) is 0 Å². The van der Waals surface area contributed by atoms with Crippen molar-refractivity contribution < 1.29 is 23.0 Å². The summed E-state index contributed by atoms with van der Waals surface area (Å²) < 4.78 is 35.5. The zero-order chi connectivity index (χ0) is 25.7. The summed E-state index contributed by atoms with van der Waals surface area (Å²) in [7, 11) is -1.26. The maximum atomic E-state index is 12.1. The Balaban J connectivity index is 1.62. The second kappa shape index (κ2) is 11.9. The number of anilines is 1. The van der Waals surface area contributed by atoms with Gasteiger partial charge in [-0.25, -0.2) is 18.4 Å². The van der Waals surface area contributed by atoms with Crippen LogP contribution < -0.4 is 15.0 Å². The lowest BCUT2D eigenvalue weighted by molar-refractivity contribution is 0.108. The van der Waals surface area contributed by atoms with Gasteiger partial charge in [-0.2, -0.15) is 0 Å². The van der Waals surface area contributed by atoms with E-state index >= 15 is 0 Å². The van der Waals surface area contributed by atoms with Crippen LogP contribution in [0.4, 0.5) is 5.82 Å². The third-order valence-electron chi connectivity index (χ3n) is 7.05. The third kappa shape index (κ3) is 6.73. The van der Waals surface area contributed by atoms with Crippen LogP contribution in [0.5, 0.6) is 5.75 Å². The minimum atomic E-state index is -3.05. The van der Waals surface area contributed by atoms with Crippen LogP contribution in [0.15, 0.2) is 24.3 Å². The van der Waals surface area contributed by atoms with Crippen LogP contribution in [0.1, 0.15) is 30.5 Å². The van der Waals surface area contributed by atoms with Gasteiger partial charge in [-0.1, -0.05) is 12.1 Å². The maximum Gasteiger partial charge on any atom is 0.161 e. The summed E-state index contributed by atoms with van der Waals surface area (Å²) >= 11 is 0. The van der Waals surface area contributed by atoms with E-state index in [0.717, 1.165) is 48.7 Å². The molecule has 36 heavy (non-hydrogen) atoms. The maximum absolute atomic E-state index is 12.1. The highest BCUT2D eigenvalue weighted by Gasteiger charge is 2.29. The summed E-state index contributed by atoms with van der Waals surface area (Å²) in [5.41, 5.74) is 2.89. The summed E-state index contributed by atoms with van der Waals surface area (Å²) in [6.07, 6.45) is 3.77. The predicted molar refractivity (Wildman–Crippen MR) is 140 cm³/mol. The number of hydrogen-bond donors (Lipinski definition) is 2. The molecular weight excluding hydrogens is 480 g/mol. The van der Waals surface area contributed by atoms with E-state index in [0.29, 0.717) is 50.0 Å². The van der Waals surface area contributed by atoms with Gasteiger partial charge in [-0.15, -0.1) is 0 Å². The van der Waals surface area contributed by atoms with E-state index in [1.165, 1.54) is 6.26 Å². The Hall–Kier alpha value is -2.27. The Labute approximate surface area is 214 Å². The van der Waals surface area contributed by atoms with Gasteiger partial charge >= 0.3 is 0 Å². The zero-order valence-corrected chi connectivity index (χ0v) is 22.3. The van der Waals surface area contributed by atoms with Crippen LogP contribution in [-0.4, -0.2) is 87.6 Å². The summed E-state index contributed by atoms with van der Waals surface area (Å²) in [5, 5.41) is 12.6. The van der Waals surface area contributed by atoms with Gasteiger partial charge in [0.25, 0.3) is 0 Å². The molecule has 0 bridgehead atoms. The second-order valence-electron chi connectivity index (χ2n) is 9.94. The summed E-state index contributed by atoms with van der Waals surface area (Å²) in [5.74, 6) is 2.57. The average molecular weight is 519 g/mol. The Bertz CT molecular complexity index is 1130. The number of rotatable bonds is 10. The minimum absolute atomic E-state index is 0.187. The fraction of sp³-hybridized carbons (Fsp3) is 0.615. The summed E-state index contributed by atoms with van der Waals surface area (Å²) in [4.78, 5) is 12.2. The first-order chi connectivity index (χ1) is 17.2. The molecule has 9 nitrogen and oxygen atoms in total. The highest BCUT2D eigenvalue weighted by Crippen LogP contribution is 2.31. The molecule has 0 saturated carbocycles. The van der Waals surface area contributed by atoms with Gasteiger partial charge in [0.2, 0.25) is 0 Å². The number of benzene rings is 1. The lowest BCUT2D eigenvalue weighted by atomic mass is 9.99. The lowest BCUT2D eigenvalue weighted by Crippen LogP contribution is -2.40. The van der Waals surface area contributed by atoms with E-state index in [1.807, 2.05) is 24.3 Å². The molecule has 0 radical (unpaired) electrons. The molecule has 1 aromatic carbocycles. The van der Waals surface area contributed by atoms with Crippen LogP contribution >= 0.6 is 0 Å². The number of piperidine rings is 1. The Morgan fingerprint density at radius 3 is 2.69 bits per heavy atom. The van der Waals surface area contributed by atoms with Crippen molar-refractivity contribution in [2.45, 2.75) is 44.0 Å². The molecular formula is C26H38N4O5S. The molecule has 0 aliphatic carbocycles. The normalized spacial score (nSPS) is 20.0. The fourth-order valence-electron chi connectivity index (χ4n) is 4.91. The van der Waals surface area contributed by atoms with Gasteiger partial charge in [-0.05, 0) is 57.7 Å². The SMILES string of the molecule is CNCC(O)COc1cccc(-c2nc(C[C@@H]3CCOC3)c(C)c(N3CCC(S(C)(=O)=O)CC3)n2)c1. The number of nitrogens with zero attached hydrogens (tertiary/aromatic N) is 3. The molecule has 1 aromatic heterocycles. The highest BCUT2D eigenvalue weighted by atomic mass is 32.2. The fourth-order valence-corrected chi connectivity index (χ4v) is 5.98. The predicted octanol–water partition coefficient (Wildman–Crippen LogP) is 2.00. The number of sulfone groups is 1. The number of hydrogen-bond acceptors (Lipinski definition) is 9. The number of likely N-dealkylation sites (N-methyl/N-ethyl adjacent to an activating group) is 1. The average Bonchev–Trinajstić information content (AvgIpc) is 3.37. The monoisotopic (exact) mass is 518 g/mol. The third-order valence-corrected chi connectivity index (χ3v) is 8.73. The first-order valence-electron chi connectivity index (χ1n) is 12.7. The van der Waals surface area contributed by atoms with Crippen molar-refractivity contribution in [3.8, 4) is 17.1 Å². The Kier molecular flexibility index (Phi) is 8.82. The number of aromatic nitrogens is 2. The first-order valence-corrected chi connectivity index (χ1v) is 14.6. The van der Waals surface area contributed by atoms with E-state index in [1.54, 1.807) is 7.05 Å². The van der Waals surface area contributed by atoms with Crippen LogP contribution in [0.2, 0.25) is 0 Å². The molecule has 0 spiro atoms. The molecule has 2 aliphatic rings. The van der Waals surface area contributed by atoms with Crippen molar-refractivity contribution in [3.05, 3.63) is 35.5 Å². The molecule has 4 rings (SSSR count). The van der Waals surface area contributed by atoms with Crippen molar-refractivity contribution in [3.63, 3.8) is 0 Å². The number of aliphatic hydroxyl groups excluding tert-OH is 1. The van der Waals surface area contributed by atoms with E-state index in [4.69, 9.17) is 19.4 Å². The molecule has 2 saturated heterocycles. The van der Waals surface area contributed by atoms with E-state index < -0.39 is 15.9 Å². The minimum Gasteiger partial charge on any atom is -0.491 e. The largest absolute Gasteiger partial charge is 0.491 e. The molecule has 10 heteroatoms. The van der Waals surface area contributed by atoms with Crippen molar-refractivity contribution in [1.29, 1.82) is 0 Å². The molecule has 1 unspecified atom stereocenters. The molecule has 2 aliphatic heterocycles. The van der Waals surface area contributed by atoms with Gasteiger partial charge in [0.15, 0.2) is 5.82 Å². The van der Waals surface area contributed by atoms with Gasteiger partial charge in [0.05, 0.1) is 5.25 Å². The van der Waals surface area contributed by atoms with Gasteiger partial charge in [0.1, 0.15) is 34.1 Å². The van der Waals surface area contributed by atoms with E-state index in [9.17, 15) is 13.5 Å². The zero-order valence-electron chi connectivity index (χ0n) is 21.4. The van der Waals surface area contributed by atoms with Crippen molar-refractivity contribution in [2.75, 3.05) is 57.7 Å². The Morgan fingerprint density at radius 1 is 1.25 bits per heavy atom. The topological polar surface area (TPSA) is 114 Å². The number of ether oxygens (including phenoxy) is 2. The summed E-state index contributed by atoms with van der Waals surface area (Å²) in [6.45, 7) is 5.52. The van der Waals surface area contributed by atoms with E-state index in [2.05, 4.69) is 17.1 Å². The van der Waals surface area contributed by atoms with Crippen molar-refractivity contribution >= 4 is 15.7 Å². The first kappa shape index (κ1) is 26.8. The molecule has 198 valence electrons. The van der Waals surface area contributed by atoms with Crippen LogP contribution in [0.25, 0.3) is 11.4 Å². The van der Waals surface area contributed by atoms with Gasteiger partial charge in [0, 0.05) is 55.9 Å². The standard InChI is InChI=1S/C26H38N4O5S/c1-18-24(13-19-9-12-34-16-19)28-25(20-5-4-6-22(14-20)35-17-21(31)15-27-2)29-26(18)30-10-7-23(8-11-30)36(3,32)33/h4-6,14,19,21,23,27,31H,7-13,15-17H2,1-3H3/t19-,21?/m0/s1. The molecule has 2 atom stereocenters. The van der Waals surface area contributed by atoms with Gasteiger partial charge in [-0.3, -0.25) is 0 Å². The van der Waals surface area contributed by atoms with Crippen molar-refractivity contribution in [2.24, 2.45) is 5.92 Å². The van der Waals surface area contributed by atoms with Gasteiger partial charge < -0.3 is 24.8 Å². The molecule has 2 fully saturated rings. The van der Waals surface area contributed by atoms with Crippen LogP contribution in [0, 0.1) is 12.8 Å². The molecule has 2 N–H and O–H groups in total. The van der Waals surface area contributed by atoms with Crippen molar-refractivity contribution in [1.82, 2.24) is 15.3 Å². The van der Waals surface area contributed by atoms with E-state index in [-0.39, 0.29) is 11.9 Å². The molecule has 0 amide bonds. The molecule has 3 heterocycles. The Morgan fingerprint density at radius 2 is 2.03 bits per heavy atom.